The fraction of sp³-hybridized carbons (Fsp3) is 0.667. The van der Waals surface area contributed by atoms with Crippen molar-refractivity contribution in [3.63, 3.8) is 0 Å². The van der Waals surface area contributed by atoms with Crippen LogP contribution >= 0.6 is 0 Å². The highest BCUT2D eigenvalue weighted by molar-refractivity contribution is 5.16. The summed E-state index contributed by atoms with van der Waals surface area (Å²) in [5.41, 5.74) is 1.45. The zero-order valence-corrected chi connectivity index (χ0v) is 10.6. The Bertz CT molecular complexity index is 343. The van der Waals surface area contributed by atoms with Crippen LogP contribution in [0.15, 0.2) is 6.20 Å². The summed E-state index contributed by atoms with van der Waals surface area (Å²) in [4.78, 5) is 8.12. The maximum Gasteiger partial charge on any atom is 0.316 e. The molecule has 96 valence electrons. The van der Waals surface area contributed by atoms with Gasteiger partial charge in [0.15, 0.2) is 0 Å². The highest BCUT2D eigenvalue weighted by Crippen LogP contribution is 2.08. The summed E-state index contributed by atoms with van der Waals surface area (Å²) in [5.74, 6) is 0.525. The van der Waals surface area contributed by atoms with Crippen molar-refractivity contribution in [1.82, 2.24) is 9.97 Å². The molecule has 17 heavy (non-hydrogen) atoms. The minimum atomic E-state index is -0.0520. The van der Waals surface area contributed by atoms with E-state index >= 15 is 0 Å². The molecule has 1 aromatic rings. The van der Waals surface area contributed by atoms with Gasteiger partial charge in [0.25, 0.3) is 0 Å². The minimum absolute atomic E-state index is 0.0520. The largest absolute Gasteiger partial charge is 0.461 e. The number of rotatable bonds is 7. The summed E-state index contributed by atoms with van der Waals surface area (Å²) in [6.45, 7) is 7.65. The van der Waals surface area contributed by atoms with Gasteiger partial charge in [-0.05, 0) is 12.8 Å². The molecule has 1 aromatic heterocycles. The van der Waals surface area contributed by atoms with E-state index in [1.807, 2.05) is 6.92 Å². The van der Waals surface area contributed by atoms with Crippen molar-refractivity contribution in [2.24, 2.45) is 5.92 Å². The highest BCUT2D eigenvalue weighted by Gasteiger charge is 2.03. The van der Waals surface area contributed by atoms with Crippen LogP contribution in [0.2, 0.25) is 0 Å². The molecule has 0 fully saturated rings. The van der Waals surface area contributed by atoms with Crippen LogP contribution in [0.25, 0.3) is 0 Å². The summed E-state index contributed by atoms with van der Waals surface area (Å²) in [6.07, 6.45) is 1.58. The van der Waals surface area contributed by atoms with Crippen molar-refractivity contribution in [3.05, 3.63) is 17.5 Å². The number of aliphatic hydroxyl groups is 1. The van der Waals surface area contributed by atoms with Crippen molar-refractivity contribution < 1.29 is 14.6 Å². The van der Waals surface area contributed by atoms with Crippen LogP contribution in [0.4, 0.5) is 0 Å². The van der Waals surface area contributed by atoms with Gasteiger partial charge in [-0.1, -0.05) is 13.8 Å². The van der Waals surface area contributed by atoms with Gasteiger partial charge in [0.2, 0.25) is 0 Å². The van der Waals surface area contributed by atoms with Crippen molar-refractivity contribution in [3.8, 4) is 6.01 Å². The average molecular weight is 240 g/mol. The zero-order chi connectivity index (χ0) is 12.7. The number of aromatic nitrogens is 2. The predicted molar refractivity (Wildman–Crippen MR) is 63.8 cm³/mol. The molecule has 0 amide bonds. The van der Waals surface area contributed by atoms with Gasteiger partial charge in [-0.2, -0.15) is 0 Å². The monoisotopic (exact) mass is 240 g/mol. The normalized spacial score (nSPS) is 10.9. The van der Waals surface area contributed by atoms with Crippen LogP contribution in [-0.4, -0.2) is 34.9 Å². The molecule has 0 aromatic carbocycles. The molecule has 1 rings (SSSR count). The molecule has 0 radical (unpaired) electrons. The number of hydrogen-bond acceptors (Lipinski definition) is 5. The van der Waals surface area contributed by atoms with Crippen molar-refractivity contribution >= 4 is 0 Å². The van der Waals surface area contributed by atoms with Crippen molar-refractivity contribution in [1.29, 1.82) is 0 Å². The van der Waals surface area contributed by atoms with Crippen molar-refractivity contribution in [2.75, 3.05) is 19.8 Å². The molecule has 0 spiro atoms. The topological polar surface area (TPSA) is 64.5 Å². The molecular formula is C12H20N2O3. The zero-order valence-electron chi connectivity index (χ0n) is 10.6. The van der Waals surface area contributed by atoms with E-state index in [0.29, 0.717) is 30.7 Å². The fourth-order valence-electron chi connectivity index (χ4n) is 1.21. The highest BCUT2D eigenvalue weighted by atomic mass is 16.5. The van der Waals surface area contributed by atoms with E-state index in [4.69, 9.17) is 14.6 Å². The molecule has 5 heteroatoms. The Hall–Kier alpha value is -1.20. The van der Waals surface area contributed by atoms with Crippen LogP contribution in [0.3, 0.4) is 0 Å². The number of aliphatic hydroxyl groups excluding tert-OH is 1. The second kappa shape index (κ2) is 7.19. The van der Waals surface area contributed by atoms with E-state index in [2.05, 4.69) is 23.8 Å². The Balaban J connectivity index is 2.30. The SMILES string of the molecule is Cc1nc(OCCOCC(C)C)ncc1CO. The molecule has 1 heterocycles. The first kappa shape index (κ1) is 13.9. The van der Waals surface area contributed by atoms with Crippen LogP contribution in [-0.2, 0) is 11.3 Å². The summed E-state index contributed by atoms with van der Waals surface area (Å²) in [6, 6.07) is 0.327. The second-order valence-electron chi connectivity index (χ2n) is 4.24. The molecule has 0 aliphatic rings. The van der Waals surface area contributed by atoms with Gasteiger partial charge in [0.1, 0.15) is 6.61 Å². The van der Waals surface area contributed by atoms with Gasteiger partial charge in [-0.25, -0.2) is 9.97 Å². The molecule has 0 unspecified atom stereocenters. The summed E-state index contributed by atoms with van der Waals surface area (Å²) in [7, 11) is 0. The third-order valence-corrected chi connectivity index (χ3v) is 2.14. The maximum absolute atomic E-state index is 8.97. The fourth-order valence-corrected chi connectivity index (χ4v) is 1.21. The lowest BCUT2D eigenvalue weighted by atomic mass is 10.2. The Morgan fingerprint density at radius 2 is 2.12 bits per heavy atom. The first-order chi connectivity index (χ1) is 8.13. The van der Waals surface area contributed by atoms with Gasteiger partial charge >= 0.3 is 6.01 Å². The molecule has 0 aliphatic carbocycles. The van der Waals surface area contributed by atoms with E-state index in [-0.39, 0.29) is 6.61 Å². The van der Waals surface area contributed by atoms with Crippen LogP contribution in [0, 0.1) is 12.8 Å². The van der Waals surface area contributed by atoms with Crippen LogP contribution in [0.5, 0.6) is 6.01 Å². The van der Waals surface area contributed by atoms with E-state index < -0.39 is 0 Å². The Morgan fingerprint density at radius 3 is 2.71 bits per heavy atom. The number of aryl methyl sites for hydroxylation is 1. The van der Waals surface area contributed by atoms with Gasteiger partial charge in [0.05, 0.1) is 18.9 Å². The lowest BCUT2D eigenvalue weighted by Gasteiger charge is -2.08. The molecule has 0 aliphatic heterocycles. The Kier molecular flexibility index (Phi) is 5.86. The molecule has 5 nitrogen and oxygen atoms in total. The molecule has 0 saturated heterocycles. The molecular weight excluding hydrogens is 220 g/mol. The van der Waals surface area contributed by atoms with Gasteiger partial charge in [-0.15, -0.1) is 0 Å². The Morgan fingerprint density at radius 1 is 1.35 bits per heavy atom. The van der Waals surface area contributed by atoms with E-state index in [0.717, 1.165) is 12.3 Å². The van der Waals surface area contributed by atoms with Gasteiger partial charge in [-0.3, -0.25) is 0 Å². The number of hydrogen-bond donors (Lipinski definition) is 1. The van der Waals surface area contributed by atoms with Gasteiger partial charge < -0.3 is 14.6 Å². The lowest BCUT2D eigenvalue weighted by molar-refractivity contribution is 0.0791. The quantitative estimate of drug-likeness (QED) is 0.728. The predicted octanol–water partition coefficient (Wildman–Crippen LogP) is 1.33. The maximum atomic E-state index is 8.97. The summed E-state index contributed by atoms with van der Waals surface area (Å²) in [5, 5.41) is 8.97. The average Bonchev–Trinajstić information content (AvgIpc) is 2.28. The Labute approximate surface area is 102 Å². The van der Waals surface area contributed by atoms with E-state index in [1.54, 1.807) is 6.20 Å². The number of ether oxygens (including phenoxy) is 2. The molecule has 1 N–H and O–H groups in total. The molecule has 0 bridgehead atoms. The van der Waals surface area contributed by atoms with Crippen molar-refractivity contribution in [2.45, 2.75) is 27.4 Å². The first-order valence-electron chi connectivity index (χ1n) is 5.77. The van der Waals surface area contributed by atoms with Crippen LogP contribution < -0.4 is 4.74 Å². The van der Waals surface area contributed by atoms with E-state index in [9.17, 15) is 0 Å². The smallest absolute Gasteiger partial charge is 0.316 e. The number of nitrogens with zero attached hydrogens (tertiary/aromatic N) is 2. The van der Waals surface area contributed by atoms with Crippen LogP contribution in [0.1, 0.15) is 25.1 Å². The van der Waals surface area contributed by atoms with E-state index in [1.165, 1.54) is 0 Å². The third-order valence-electron chi connectivity index (χ3n) is 2.14. The standard InChI is InChI=1S/C12H20N2O3/c1-9(2)8-16-4-5-17-12-13-6-11(7-15)10(3)14-12/h6,9,15H,4-5,7-8H2,1-3H3. The lowest BCUT2D eigenvalue weighted by Crippen LogP contribution is -2.11. The van der Waals surface area contributed by atoms with Gasteiger partial charge in [0, 0.05) is 18.4 Å². The third kappa shape index (κ3) is 5.10. The summed E-state index contributed by atoms with van der Waals surface area (Å²) < 4.78 is 10.7. The minimum Gasteiger partial charge on any atom is -0.461 e. The second-order valence-corrected chi connectivity index (χ2v) is 4.24. The molecule has 0 saturated carbocycles. The summed E-state index contributed by atoms with van der Waals surface area (Å²) >= 11 is 0. The molecule has 0 atom stereocenters. The first-order valence-corrected chi connectivity index (χ1v) is 5.77.